The normalized spacial score (nSPS) is 13.3. The Kier molecular flexibility index (Phi) is 3.92. The van der Waals surface area contributed by atoms with Crippen molar-refractivity contribution in [3.63, 3.8) is 0 Å². The molecule has 0 saturated heterocycles. The number of rotatable bonds is 3. The summed E-state index contributed by atoms with van der Waals surface area (Å²) in [6.45, 7) is 10.9. The van der Waals surface area contributed by atoms with Crippen molar-refractivity contribution < 1.29 is 0 Å². The van der Waals surface area contributed by atoms with Gasteiger partial charge in [0.1, 0.15) is 0 Å². The molecule has 0 amide bonds. The van der Waals surface area contributed by atoms with Gasteiger partial charge in [-0.05, 0) is 49.8 Å². The van der Waals surface area contributed by atoms with E-state index >= 15 is 0 Å². The first-order valence-corrected chi connectivity index (χ1v) is 5.74. The molecule has 0 bridgehead atoms. The van der Waals surface area contributed by atoms with Crippen LogP contribution in [0.5, 0.6) is 0 Å². The van der Waals surface area contributed by atoms with E-state index in [2.05, 4.69) is 46.8 Å². The van der Waals surface area contributed by atoms with E-state index in [1.54, 1.807) is 0 Å². The molecule has 15 heavy (non-hydrogen) atoms. The Labute approximate surface area is 93.7 Å². The van der Waals surface area contributed by atoms with Crippen LogP contribution in [0.3, 0.4) is 0 Å². The first-order chi connectivity index (χ1) is 6.91. The lowest BCUT2D eigenvalue weighted by Gasteiger charge is -2.19. The first-order valence-electron chi connectivity index (χ1n) is 5.74. The zero-order chi connectivity index (χ0) is 11.6. The molecular weight excluding hydrogens is 182 g/mol. The summed E-state index contributed by atoms with van der Waals surface area (Å²) in [7, 11) is 0. The van der Waals surface area contributed by atoms with Crippen molar-refractivity contribution in [1.29, 1.82) is 0 Å². The number of aryl methyl sites for hydroxylation is 3. The van der Waals surface area contributed by atoms with Crippen molar-refractivity contribution in [1.82, 2.24) is 0 Å². The lowest BCUT2D eigenvalue weighted by Crippen LogP contribution is -2.29. The lowest BCUT2D eigenvalue weighted by molar-refractivity contribution is 0.489. The van der Waals surface area contributed by atoms with Gasteiger partial charge in [0.2, 0.25) is 0 Å². The summed E-state index contributed by atoms with van der Waals surface area (Å²) in [6.07, 6.45) is 0.996. The molecule has 0 heterocycles. The molecule has 0 aromatic heterocycles. The summed E-state index contributed by atoms with van der Waals surface area (Å²) in [6, 6.07) is 4.76. The zero-order valence-corrected chi connectivity index (χ0v) is 10.6. The van der Waals surface area contributed by atoms with Gasteiger partial charge in [0, 0.05) is 6.04 Å². The second-order valence-electron chi connectivity index (χ2n) is 4.99. The minimum absolute atomic E-state index is 0.269. The third-order valence-electron chi connectivity index (χ3n) is 3.14. The molecule has 1 rings (SSSR count). The average molecular weight is 205 g/mol. The fourth-order valence-electron chi connectivity index (χ4n) is 2.00. The van der Waals surface area contributed by atoms with Crippen LogP contribution in [-0.2, 0) is 6.42 Å². The molecule has 1 aromatic rings. The Morgan fingerprint density at radius 2 is 1.53 bits per heavy atom. The topological polar surface area (TPSA) is 26.0 Å². The van der Waals surface area contributed by atoms with E-state index in [-0.39, 0.29) is 6.04 Å². The van der Waals surface area contributed by atoms with E-state index in [0.29, 0.717) is 5.92 Å². The Morgan fingerprint density at radius 3 is 1.93 bits per heavy atom. The summed E-state index contributed by atoms with van der Waals surface area (Å²) in [5.74, 6) is 0.546. The third-order valence-corrected chi connectivity index (χ3v) is 3.14. The summed E-state index contributed by atoms with van der Waals surface area (Å²) in [5.41, 5.74) is 11.7. The maximum Gasteiger partial charge on any atom is 0.0103 e. The van der Waals surface area contributed by atoms with E-state index in [0.717, 1.165) is 6.42 Å². The summed E-state index contributed by atoms with van der Waals surface area (Å²) >= 11 is 0. The van der Waals surface area contributed by atoms with Crippen molar-refractivity contribution in [3.05, 3.63) is 34.4 Å². The van der Waals surface area contributed by atoms with Gasteiger partial charge in [-0.1, -0.05) is 31.5 Å². The largest absolute Gasteiger partial charge is 0.327 e. The number of hydrogen-bond acceptors (Lipinski definition) is 1. The number of hydrogen-bond donors (Lipinski definition) is 1. The predicted molar refractivity (Wildman–Crippen MR) is 67.2 cm³/mol. The van der Waals surface area contributed by atoms with Crippen LogP contribution in [0.15, 0.2) is 12.1 Å². The van der Waals surface area contributed by atoms with Gasteiger partial charge in [0.15, 0.2) is 0 Å². The summed E-state index contributed by atoms with van der Waals surface area (Å²) < 4.78 is 0. The monoisotopic (exact) mass is 205 g/mol. The van der Waals surface area contributed by atoms with Gasteiger partial charge in [0.25, 0.3) is 0 Å². The number of nitrogens with two attached hydrogens (primary N) is 1. The molecule has 0 saturated carbocycles. The molecule has 1 aromatic carbocycles. The van der Waals surface area contributed by atoms with Gasteiger partial charge in [0.05, 0.1) is 0 Å². The fraction of sp³-hybridized carbons (Fsp3) is 0.571. The van der Waals surface area contributed by atoms with Crippen LogP contribution >= 0.6 is 0 Å². The smallest absolute Gasteiger partial charge is 0.0103 e. The maximum atomic E-state index is 6.12. The molecule has 1 atom stereocenters. The zero-order valence-electron chi connectivity index (χ0n) is 10.6. The Morgan fingerprint density at radius 1 is 1.07 bits per heavy atom. The second-order valence-corrected chi connectivity index (χ2v) is 4.99. The van der Waals surface area contributed by atoms with Gasteiger partial charge < -0.3 is 5.73 Å². The van der Waals surface area contributed by atoms with Gasteiger partial charge in [-0.15, -0.1) is 0 Å². The molecule has 1 heteroatoms. The lowest BCUT2D eigenvalue weighted by atomic mass is 9.91. The molecule has 84 valence electrons. The van der Waals surface area contributed by atoms with Crippen LogP contribution in [0.1, 0.15) is 36.1 Å². The summed E-state index contributed by atoms with van der Waals surface area (Å²) in [5, 5.41) is 0. The summed E-state index contributed by atoms with van der Waals surface area (Å²) in [4.78, 5) is 0. The van der Waals surface area contributed by atoms with Crippen molar-refractivity contribution in [3.8, 4) is 0 Å². The molecular formula is C14H23N. The van der Waals surface area contributed by atoms with E-state index in [4.69, 9.17) is 5.73 Å². The molecule has 0 aliphatic heterocycles. The molecule has 0 fully saturated rings. The van der Waals surface area contributed by atoms with Crippen LogP contribution in [0, 0.1) is 26.7 Å². The van der Waals surface area contributed by atoms with Crippen LogP contribution in [0.25, 0.3) is 0 Å². The average Bonchev–Trinajstić information content (AvgIpc) is 2.10. The Hall–Kier alpha value is -0.820. The van der Waals surface area contributed by atoms with Crippen LogP contribution in [0.2, 0.25) is 0 Å². The molecule has 1 nitrogen and oxygen atoms in total. The Balaban J connectivity index is 2.95. The van der Waals surface area contributed by atoms with Crippen LogP contribution < -0.4 is 5.73 Å². The van der Waals surface area contributed by atoms with Gasteiger partial charge in [-0.25, -0.2) is 0 Å². The number of benzene rings is 1. The maximum absolute atomic E-state index is 6.12. The SMILES string of the molecule is Cc1cc(C)c(CC(N)C(C)C)c(C)c1. The molecule has 0 aliphatic rings. The van der Waals surface area contributed by atoms with E-state index < -0.39 is 0 Å². The van der Waals surface area contributed by atoms with Crippen LogP contribution in [-0.4, -0.2) is 6.04 Å². The van der Waals surface area contributed by atoms with E-state index in [9.17, 15) is 0 Å². The molecule has 0 aliphatic carbocycles. The fourth-order valence-corrected chi connectivity index (χ4v) is 2.00. The van der Waals surface area contributed by atoms with E-state index in [1.807, 2.05) is 0 Å². The minimum Gasteiger partial charge on any atom is -0.327 e. The molecule has 2 N–H and O–H groups in total. The highest BCUT2D eigenvalue weighted by molar-refractivity contribution is 5.38. The standard InChI is InChI=1S/C14H23N/c1-9(2)14(15)8-13-11(4)6-10(3)7-12(13)5/h6-7,9,14H,8,15H2,1-5H3. The molecule has 0 spiro atoms. The highest BCUT2D eigenvalue weighted by atomic mass is 14.6. The van der Waals surface area contributed by atoms with Crippen LogP contribution in [0.4, 0.5) is 0 Å². The first kappa shape index (κ1) is 12.3. The molecule has 1 unspecified atom stereocenters. The Bertz CT molecular complexity index is 316. The van der Waals surface area contributed by atoms with Crippen molar-refractivity contribution >= 4 is 0 Å². The van der Waals surface area contributed by atoms with Crippen molar-refractivity contribution in [2.75, 3.05) is 0 Å². The van der Waals surface area contributed by atoms with Gasteiger partial charge >= 0.3 is 0 Å². The van der Waals surface area contributed by atoms with Crippen molar-refractivity contribution in [2.24, 2.45) is 11.7 Å². The quantitative estimate of drug-likeness (QED) is 0.806. The predicted octanol–water partition coefficient (Wildman–Crippen LogP) is 3.14. The highest BCUT2D eigenvalue weighted by Crippen LogP contribution is 2.19. The van der Waals surface area contributed by atoms with Gasteiger partial charge in [-0.2, -0.15) is 0 Å². The third kappa shape index (κ3) is 3.07. The van der Waals surface area contributed by atoms with Crippen molar-refractivity contribution in [2.45, 2.75) is 47.1 Å². The molecule has 0 radical (unpaired) electrons. The highest BCUT2D eigenvalue weighted by Gasteiger charge is 2.12. The van der Waals surface area contributed by atoms with Gasteiger partial charge in [-0.3, -0.25) is 0 Å². The van der Waals surface area contributed by atoms with E-state index in [1.165, 1.54) is 22.3 Å². The minimum atomic E-state index is 0.269. The second kappa shape index (κ2) is 4.80.